The summed E-state index contributed by atoms with van der Waals surface area (Å²) in [5, 5.41) is 15.1. The first kappa shape index (κ1) is 12.7. The summed E-state index contributed by atoms with van der Waals surface area (Å²) in [6.45, 7) is 7.54. The molecule has 1 aromatic rings. The van der Waals surface area contributed by atoms with E-state index in [1.807, 2.05) is 20.8 Å². The van der Waals surface area contributed by atoms with Crippen molar-refractivity contribution in [3.05, 3.63) is 17.5 Å². The van der Waals surface area contributed by atoms with Crippen LogP contribution in [0.1, 0.15) is 43.9 Å². The fourth-order valence-electron chi connectivity index (χ4n) is 1.08. The molecule has 0 fully saturated rings. The summed E-state index contributed by atoms with van der Waals surface area (Å²) in [5.41, 5.74) is 0.0685. The van der Waals surface area contributed by atoms with Crippen LogP contribution in [0.4, 0.5) is 0 Å². The average Bonchev–Trinajstić information content (AvgIpc) is 2.65. The second-order valence-corrected chi connectivity index (χ2v) is 4.88. The lowest BCUT2D eigenvalue weighted by Crippen LogP contribution is -2.35. The molecule has 1 unspecified atom stereocenters. The van der Waals surface area contributed by atoms with Gasteiger partial charge in [-0.05, 0) is 6.92 Å². The molecule has 5 heteroatoms. The minimum atomic E-state index is -0.333. The molecule has 16 heavy (non-hydrogen) atoms. The molecule has 0 aliphatic carbocycles. The van der Waals surface area contributed by atoms with Crippen molar-refractivity contribution in [3.8, 4) is 0 Å². The maximum absolute atomic E-state index is 11.6. The number of carbonyl (C=O) groups excluding carboxylic acids is 1. The number of rotatable bonds is 3. The molecule has 0 bridgehead atoms. The molecule has 2 N–H and O–H groups in total. The van der Waals surface area contributed by atoms with E-state index >= 15 is 0 Å². The molecule has 90 valence electrons. The summed E-state index contributed by atoms with van der Waals surface area (Å²) in [6.07, 6.45) is 0. The Labute approximate surface area is 94.8 Å². The summed E-state index contributed by atoms with van der Waals surface area (Å²) in [4.78, 5) is 11.6. The van der Waals surface area contributed by atoms with Gasteiger partial charge in [0.25, 0.3) is 5.91 Å². The van der Waals surface area contributed by atoms with Crippen molar-refractivity contribution in [3.63, 3.8) is 0 Å². The first-order valence-corrected chi connectivity index (χ1v) is 5.23. The van der Waals surface area contributed by atoms with Gasteiger partial charge in [0, 0.05) is 17.5 Å². The van der Waals surface area contributed by atoms with Crippen LogP contribution in [0.3, 0.4) is 0 Å². The Hall–Kier alpha value is -1.36. The number of nitrogens with one attached hydrogen (secondary N) is 1. The van der Waals surface area contributed by atoms with Crippen molar-refractivity contribution < 1.29 is 14.4 Å². The predicted octanol–water partition coefficient (Wildman–Crippen LogP) is 1.08. The van der Waals surface area contributed by atoms with Crippen molar-refractivity contribution in [2.24, 2.45) is 0 Å². The molecule has 1 heterocycles. The molecule has 0 aliphatic heterocycles. The first-order valence-electron chi connectivity index (χ1n) is 5.23. The van der Waals surface area contributed by atoms with Gasteiger partial charge in [0.2, 0.25) is 0 Å². The fraction of sp³-hybridized carbons (Fsp3) is 0.636. The maximum Gasteiger partial charge on any atom is 0.273 e. The smallest absolute Gasteiger partial charge is 0.273 e. The summed E-state index contributed by atoms with van der Waals surface area (Å²) in [7, 11) is 0. The number of hydrogen-bond acceptors (Lipinski definition) is 4. The van der Waals surface area contributed by atoms with E-state index in [2.05, 4.69) is 10.5 Å². The van der Waals surface area contributed by atoms with Gasteiger partial charge in [-0.3, -0.25) is 4.79 Å². The van der Waals surface area contributed by atoms with E-state index in [1.54, 1.807) is 13.0 Å². The first-order chi connectivity index (χ1) is 7.34. The van der Waals surface area contributed by atoms with Gasteiger partial charge in [0.05, 0.1) is 6.61 Å². The Morgan fingerprint density at radius 1 is 1.62 bits per heavy atom. The van der Waals surface area contributed by atoms with Gasteiger partial charge < -0.3 is 14.9 Å². The molecule has 1 atom stereocenters. The van der Waals surface area contributed by atoms with E-state index < -0.39 is 0 Å². The maximum atomic E-state index is 11.6. The largest absolute Gasteiger partial charge is 0.394 e. The highest BCUT2D eigenvalue weighted by Crippen LogP contribution is 2.22. The van der Waals surface area contributed by atoms with Crippen molar-refractivity contribution in [1.82, 2.24) is 10.5 Å². The number of amides is 1. The third kappa shape index (κ3) is 3.06. The summed E-state index contributed by atoms with van der Waals surface area (Å²) >= 11 is 0. The summed E-state index contributed by atoms with van der Waals surface area (Å²) in [5.74, 6) is 0.329. The van der Waals surface area contributed by atoms with Crippen molar-refractivity contribution in [1.29, 1.82) is 0 Å². The molecule has 0 saturated heterocycles. The minimum Gasteiger partial charge on any atom is -0.394 e. The summed E-state index contributed by atoms with van der Waals surface area (Å²) < 4.78 is 5.09. The van der Waals surface area contributed by atoms with Crippen molar-refractivity contribution >= 4 is 5.91 Å². The second kappa shape index (κ2) is 4.65. The molecule has 0 spiro atoms. The Bertz CT molecular complexity index is 366. The van der Waals surface area contributed by atoms with Crippen LogP contribution in [-0.2, 0) is 5.41 Å². The van der Waals surface area contributed by atoms with Gasteiger partial charge in [0.1, 0.15) is 5.76 Å². The van der Waals surface area contributed by atoms with Crippen molar-refractivity contribution in [2.45, 2.75) is 39.2 Å². The zero-order chi connectivity index (χ0) is 12.3. The van der Waals surface area contributed by atoms with Gasteiger partial charge >= 0.3 is 0 Å². The van der Waals surface area contributed by atoms with Gasteiger partial charge in [-0.15, -0.1) is 0 Å². The van der Waals surface area contributed by atoms with Crippen LogP contribution in [0, 0.1) is 0 Å². The molecule has 0 aromatic carbocycles. The highest BCUT2D eigenvalue weighted by atomic mass is 16.5. The van der Waals surface area contributed by atoms with Crippen LogP contribution in [0.2, 0.25) is 0 Å². The Morgan fingerprint density at radius 3 is 2.69 bits per heavy atom. The Balaban J connectivity index is 2.75. The Kier molecular flexibility index (Phi) is 3.70. The van der Waals surface area contributed by atoms with E-state index in [1.165, 1.54) is 0 Å². The molecule has 0 aliphatic rings. The molecule has 1 amide bonds. The van der Waals surface area contributed by atoms with Crippen LogP contribution in [-0.4, -0.2) is 28.8 Å². The van der Waals surface area contributed by atoms with E-state index in [4.69, 9.17) is 9.63 Å². The molecule has 0 saturated carbocycles. The van der Waals surface area contributed by atoms with Crippen LogP contribution >= 0.6 is 0 Å². The molecule has 1 rings (SSSR count). The topological polar surface area (TPSA) is 75.4 Å². The highest BCUT2D eigenvalue weighted by Gasteiger charge is 2.22. The number of carbonyl (C=O) groups is 1. The number of hydrogen-bond donors (Lipinski definition) is 2. The molecule has 1 aromatic heterocycles. The number of aromatic nitrogens is 1. The standard InChI is InChI=1S/C11H18N2O3/c1-7(6-14)12-10(15)8-5-9(16-13-8)11(2,3)4/h5,7,14H,6H2,1-4H3,(H,12,15). The molecule has 0 radical (unpaired) electrons. The van der Waals surface area contributed by atoms with Crippen LogP contribution in [0.5, 0.6) is 0 Å². The predicted molar refractivity (Wildman–Crippen MR) is 59.2 cm³/mol. The zero-order valence-corrected chi connectivity index (χ0v) is 10.1. The molecule has 5 nitrogen and oxygen atoms in total. The number of aliphatic hydroxyl groups excluding tert-OH is 1. The van der Waals surface area contributed by atoms with Gasteiger partial charge in [0.15, 0.2) is 5.69 Å². The SMILES string of the molecule is CC(CO)NC(=O)c1cc(C(C)(C)C)on1. The number of nitrogens with zero attached hydrogens (tertiary/aromatic N) is 1. The van der Waals surface area contributed by atoms with Gasteiger partial charge in [-0.1, -0.05) is 25.9 Å². The van der Waals surface area contributed by atoms with Crippen molar-refractivity contribution in [2.75, 3.05) is 6.61 Å². The lowest BCUT2D eigenvalue weighted by molar-refractivity contribution is 0.0913. The quantitative estimate of drug-likeness (QED) is 0.808. The van der Waals surface area contributed by atoms with E-state index in [0.717, 1.165) is 0 Å². The average molecular weight is 226 g/mol. The highest BCUT2D eigenvalue weighted by molar-refractivity contribution is 5.92. The lowest BCUT2D eigenvalue weighted by Gasteiger charge is -2.12. The van der Waals surface area contributed by atoms with E-state index in [9.17, 15) is 4.79 Å². The minimum absolute atomic E-state index is 0.101. The van der Waals surface area contributed by atoms with Crippen LogP contribution in [0.25, 0.3) is 0 Å². The zero-order valence-electron chi connectivity index (χ0n) is 10.1. The monoisotopic (exact) mass is 226 g/mol. The second-order valence-electron chi connectivity index (χ2n) is 4.88. The van der Waals surface area contributed by atoms with Gasteiger partial charge in [-0.25, -0.2) is 0 Å². The summed E-state index contributed by atoms with van der Waals surface area (Å²) in [6, 6.07) is 1.33. The third-order valence-electron chi connectivity index (χ3n) is 2.13. The third-order valence-corrected chi connectivity index (χ3v) is 2.13. The van der Waals surface area contributed by atoms with E-state index in [-0.39, 0.29) is 29.7 Å². The Morgan fingerprint density at radius 2 is 2.25 bits per heavy atom. The normalized spacial score (nSPS) is 13.6. The molecular formula is C11H18N2O3. The lowest BCUT2D eigenvalue weighted by atomic mass is 9.93. The number of aliphatic hydroxyl groups is 1. The van der Waals surface area contributed by atoms with Crippen LogP contribution < -0.4 is 5.32 Å². The fourth-order valence-corrected chi connectivity index (χ4v) is 1.08. The van der Waals surface area contributed by atoms with Gasteiger partial charge in [-0.2, -0.15) is 0 Å². The van der Waals surface area contributed by atoms with E-state index in [0.29, 0.717) is 5.76 Å². The molecular weight excluding hydrogens is 208 g/mol. The van der Waals surface area contributed by atoms with Crippen LogP contribution in [0.15, 0.2) is 10.6 Å².